The van der Waals surface area contributed by atoms with Crippen molar-refractivity contribution >= 4 is 33.5 Å². The Labute approximate surface area is 150 Å². The van der Waals surface area contributed by atoms with Crippen LogP contribution in [-0.2, 0) is 0 Å². The van der Waals surface area contributed by atoms with Crippen LogP contribution in [0.2, 0.25) is 0 Å². The molecule has 3 heterocycles. The molecule has 1 aromatic heterocycles. The first kappa shape index (κ1) is 6.34. The number of benzene rings is 1. The lowest BCUT2D eigenvalue weighted by molar-refractivity contribution is 0.216. The first-order chi connectivity index (χ1) is 15.0. The molecule has 0 bridgehead atoms. The fourth-order valence-electron chi connectivity index (χ4n) is 2.37. The molecule has 1 N–H and O–H groups in total. The van der Waals surface area contributed by atoms with Crippen molar-refractivity contribution in [3.05, 3.63) is 40.7 Å². The number of hydrogen-bond donors (Lipinski definition) is 1. The van der Waals surface area contributed by atoms with Crippen LogP contribution in [-0.4, -0.2) is 48.7 Å². The van der Waals surface area contributed by atoms with Crippen molar-refractivity contribution in [2.75, 3.05) is 38.4 Å². The number of fused-ring (bicyclic) bond motifs is 2. The minimum absolute atomic E-state index is 0.0112. The lowest BCUT2D eigenvalue weighted by Crippen LogP contribution is -2.47. The summed E-state index contributed by atoms with van der Waals surface area (Å²) in [5, 5.41) is 3.41. The van der Waals surface area contributed by atoms with Gasteiger partial charge in [0, 0.05) is 44.7 Å². The van der Waals surface area contributed by atoms with Crippen molar-refractivity contribution in [1.29, 1.82) is 0 Å². The summed E-state index contributed by atoms with van der Waals surface area (Å²) in [7, 11) is 0. The Morgan fingerprint density at radius 1 is 1.36 bits per heavy atom. The molecule has 2 aliphatic rings. The molecule has 0 aliphatic carbocycles. The first-order valence-corrected chi connectivity index (χ1v) is 7.48. The zero-order chi connectivity index (χ0) is 24.6. The Hall–Kier alpha value is -1.85. The lowest BCUT2D eigenvalue weighted by Gasteiger charge is -2.34. The zero-order valence-corrected chi connectivity index (χ0v) is 12.3. The van der Waals surface area contributed by atoms with Gasteiger partial charge in [0.15, 0.2) is 0 Å². The highest BCUT2D eigenvalue weighted by Crippen LogP contribution is 2.39. The molecule has 0 unspecified atom stereocenters. The zero-order valence-electron chi connectivity index (χ0n) is 22.5. The van der Waals surface area contributed by atoms with Gasteiger partial charge in [-0.1, -0.05) is 12.1 Å². The van der Waals surface area contributed by atoms with Crippen molar-refractivity contribution in [1.82, 2.24) is 9.80 Å². The molecule has 5 heteroatoms. The highest BCUT2D eigenvalue weighted by molar-refractivity contribution is 7.16. The summed E-state index contributed by atoms with van der Waals surface area (Å²) in [6, 6.07) is 6.55. The Morgan fingerprint density at radius 3 is 3.05 bits per heavy atom. The van der Waals surface area contributed by atoms with E-state index in [1.807, 2.05) is 0 Å². The highest BCUT2D eigenvalue weighted by atomic mass is 32.1. The van der Waals surface area contributed by atoms with Gasteiger partial charge >= 0.3 is 0 Å². The number of aliphatic imine (C=N–C) groups is 1. The lowest BCUT2D eigenvalue weighted by atomic mass is 10.2. The third-order valence-electron chi connectivity index (χ3n) is 3.41. The van der Waals surface area contributed by atoms with E-state index in [9.17, 15) is 0 Å². The predicted octanol–water partition coefficient (Wildman–Crippen LogP) is 3.44. The molecular formula is C17H20N4S. The largest absolute Gasteiger partial charge is 0.353 e. The van der Waals surface area contributed by atoms with Gasteiger partial charge in [-0.25, -0.2) is 4.99 Å². The van der Waals surface area contributed by atoms with Crippen LogP contribution < -0.4 is 5.32 Å². The van der Waals surface area contributed by atoms with Gasteiger partial charge in [0.2, 0.25) is 0 Å². The number of anilines is 2. The Morgan fingerprint density at radius 2 is 2.23 bits per heavy atom. The minimum Gasteiger partial charge on any atom is -0.353 e. The molecule has 0 radical (unpaired) electrons. The maximum atomic E-state index is 8.57. The van der Waals surface area contributed by atoms with E-state index < -0.39 is 39.9 Å². The second kappa shape index (κ2) is 5.41. The molecular weight excluding hydrogens is 292 g/mol. The van der Waals surface area contributed by atoms with Gasteiger partial charge in [0.25, 0.3) is 0 Å². The van der Waals surface area contributed by atoms with Gasteiger partial charge < -0.3 is 15.1 Å². The maximum absolute atomic E-state index is 8.57. The molecule has 1 fully saturated rings. The molecule has 0 saturated carbocycles. The Kier molecular flexibility index (Phi) is 1.56. The second-order valence-corrected chi connectivity index (χ2v) is 5.87. The van der Waals surface area contributed by atoms with Gasteiger partial charge in [-0.15, -0.1) is 11.3 Å². The number of hydrogen-bond acceptors (Lipinski definition) is 5. The van der Waals surface area contributed by atoms with Crippen LogP contribution in [0.15, 0.2) is 35.3 Å². The van der Waals surface area contributed by atoms with Crippen molar-refractivity contribution in [3.8, 4) is 0 Å². The van der Waals surface area contributed by atoms with Gasteiger partial charge in [0.1, 0.15) is 10.8 Å². The SMILES string of the molecule is [2H]c1c(C([2H])([2H])[2H])sc2c1C(N1CC([2H])([2H])N(C([2H])([2H])[2H])C([2H])([2H])C1)=Nc1ccccc1N2. The maximum Gasteiger partial charge on any atom is 0.139 e. The summed E-state index contributed by atoms with van der Waals surface area (Å²) >= 11 is 0.862. The van der Waals surface area contributed by atoms with Gasteiger partial charge in [-0.05, 0) is 32.0 Å². The highest BCUT2D eigenvalue weighted by Gasteiger charge is 2.25. The summed E-state index contributed by atoms with van der Waals surface area (Å²) in [6.07, 6.45) is 0. The van der Waals surface area contributed by atoms with E-state index in [1.165, 1.54) is 4.90 Å². The Balaban J connectivity index is 1.90. The number of nitrogens with one attached hydrogen (secondary N) is 1. The molecule has 1 saturated heterocycles. The molecule has 2 aliphatic heterocycles. The number of piperazine rings is 1. The molecule has 114 valence electrons. The number of thiophene rings is 1. The summed E-state index contributed by atoms with van der Waals surface area (Å²) in [4.78, 5) is 5.87. The first-order valence-electron chi connectivity index (χ1n) is 12.2. The molecule has 2 aromatic rings. The summed E-state index contributed by atoms with van der Waals surface area (Å²) in [5.41, 5.74) is 1.08. The van der Waals surface area contributed by atoms with Crippen molar-refractivity contribution < 1.29 is 15.1 Å². The van der Waals surface area contributed by atoms with Crippen LogP contribution >= 0.6 is 11.3 Å². The smallest absolute Gasteiger partial charge is 0.139 e. The third kappa shape index (κ3) is 2.40. The van der Waals surface area contributed by atoms with Crippen LogP contribution in [0.25, 0.3) is 0 Å². The van der Waals surface area contributed by atoms with Crippen molar-refractivity contribution in [3.63, 3.8) is 0 Å². The van der Waals surface area contributed by atoms with E-state index in [2.05, 4.69) is 10.3 Å². The van der Waals surface area contributed by atoms with E-state index in [1.54, 1.807) is 24.3 Å². The van der Waals surface area contributed by atoms with Gasteiger partial charge in [0.05, 0.1) is 18.3 Å². The molecule has 1 aromatic carbocycles. The fourth-order valence-corrected chi connectivity index (χ4v) is 3.13. The average molecular weight is 324 g/mol. The minimum atomic E-state index is -3.03. The van der Waals surface area contributed by atoms with E-state index in [0.717, 1.165) is 11.3 Å². The molecule has 4 rings (SSSR count). The topological polar surface area (TPSA) is 30.9 Å². The van der Waals surface area contributed by atoms with Crippen LogP contribution in [0, 0.1) is 6.85 Å². The molecule has 4 nitrogen and oxygen atoms in total. The monoisotopic (exact) mass is 323 g/mol. The summed E-state index contributed by atoms with van der Waals surface area (Å²) in [5.74, 6) is 0.0112. The number of nitrogens with zero attached hydrogens (tertiary/aromatic N) is 3. The van der Waals surface area contributed by atoms with Crippen molar-refractivity contribution in [2.24, 2.45) is 4.99 Å². The van der Waals surface area contributed by atoms with Crippen LogP contribution in [0.4, 0.5) is 16.4 Å². The Bertz CT molecular complexity index is 1100. The van der Waals surface area contributed by atoms with Crippen molar-refractivity contribution in [2.45, 2.75) is 6.85 Å². The molecule has 22 heavy (non-hydrogen) atoms. The number of amidine groups is 1. The molecule has 0 spiro atoms. The molecule has 0 amide bonds. The predicted molar refractivity (Wildman–Crippen MR) is 94.0 cm³/mol. The molecule has 0 atom stereocenters. The van der Waals surface area contributed by atoms with Crippen LogP contribution in [0.5, 0.6) is 0 Å². The van der Waals surface area contributed by atoms with Crippen LogP contribution in [0.1, 0.15) is 25.5 Å². The second-order valence-electron chi connectivity index (χ2n) is 4.85. The van der Waals surface area contributed by atoms with Crippen LogP contribution in [0.3, 0.4) is 0 Å². The van der Waals surface area contributed by atoms with E-state index in [4.69, 9.17) is 15.1 Å². The third-order valence-corrected chi connectivity index (χ3v) is 4.23. The normalized spacial score (nSPS) is 31.2. The number of rotatable bonds is 0. The summed E-state index contributed by atoms with van der Waals surface area (Å²) < 4.78 is 88.1. The summed E-state index contributed by atoms with van der Waals surface area (Å²) in [6.45, 7) is -11.9. The number of likely N-dealkylation sites (N-methyl/N-ethyl adjacent to an activating group) is 1. The quantitative estimate of drug-likeness (QED) is 0.806. The fraction of sp³-hybridized carbons (Fsp3) is 0.353. The van der Waals surface area contributed by atoms with E-state index >= 15 is 0 Å². The van der Waals surface area contributed by atoms with E-state index in [0.29, 0.717) is 16.4 Å². The number of aryl methyl sites for hydroxylation is 1. The average Bonchev–Trinajstić information content (AvgIpc) is 2.84. The van der Waals surface area contributed by atoms with E-state index in [-0.39, 0.29) is 27.2 Å². The van der Waals surface area contributed by atoms with Gasteiger partial charge in [-0.3, -0.25) is 0 Å². The van der Waals surface area contributed by atoms with Gasteiger partial charge in [-0.2, -0.15) is 0 Å². The number of para-hydroxylation sites is 2. The standard InChI is InChI=1S/C17H20N4S/c1-12-11-13-16(21-9-7-20(2)8-10-21)18-14-5-3-4-6-15(14)19-17(13)22-12/h3-6,11,19H,7-10H2,1-2H3/i1D3,2D3,7D2,8D2,11D.